The van der Waals surface area contributed by atoms with E-state index in [1.54, 1.807) is 0 Å². The molecule has 0 heterocycles. The molecule has 0 aliphatic rings. The topological polar surface area (TPSA) is 21.3 Å². The molecule has 0 spiro atoms. The van der Waals surface area contributed by atoms with Gasteiger partial charge in [-0.05, 0) is 56.7 Å². The molecular formula is C19H33NO. The van der Waals surface area contributed by atoms with Gasteiger partial charge >= 0.3 is 0 Å². The number of aryl methyl sites for hydroxylation is 1. The molecule has 1 aromatic rings. The highest BCUT2D eigenvalue weighted by Crippen LogP contribution is 2.33. The van der Waals surface area contributed by atoms with Crippen LogP contribution in [-0.2, 0) is 11.8 Å². The van der Waals surface area contributed by atoms with Crippen LogP contribution in [0.15, 0.2) is 18.2 Å². The maximum absolute atomic E-state index is 6.20. The van der Waals surface area contributed by atoms with Gasteiger partial charge in [0.1, 0.15) is 11.9 Å². The van der Waals surface area contributed by atoms with Crippen molar-refractivity contribution in [3.05, 3.63) is 29.3 Å². The lowest BCUT2D eigenvalue weighted by Gasteiger charge is -2.27. The third-order valence-electron chi connectivity index (χ3n) is 3.51. The Kier molecular flexibility index (Phi) is 5.86. The Hall–Kier alpha value is -1.02. The van der Waals surface area contributed by atoms with Crippen molar-refractivity contribution in [2.24, 2.45) is 0 Å². The molecule has 0 saturated heterocycles. The monoisotopic (exact) mass is 291 g/mol. The second-order valence-electron chi connectivity index (χ2n) is 7.99. The predicted octanol–water partition coefficient (Wildman–Crippen LogP) is 4.70. The van der Waals surface area contributed by atoms with E-state index in [0.29, 0.717) is 0 Å². The van der Waals surface area contributed by atoms with Crippen molar-refractivity contribution in [2.75, 3.05) is 6.54 Å². The Bertz CT molecular complexity index is 452. The lowest BCUT2D eigenvalue weighted by atomic mass is 9.85. The molecule has 21 heavy (non-hydrogen) atoms. The zero-order chi connectivity index (χ0) is 16.3. The Morgan fingerprint density at radius 3 is 2.19 bits per heavy atom. The second kappa shape index (κ2) is 6.83. The van der Waals surface area contributed by atoms with Gasteiger partial charge in [-0.1, -0.05) is 39.8 Å². The molecule has 0 saturated carbocycles. The van der Waals surface area contributed by atoms with Crippen LogP contribution in [0, 0.1) is 0 Å². The minimum atomic E-state index is 0.0949. The molecule has 1 unspecified atom stereocenters. The molecule has 1 aromatic carbocycles. The minimum Gasteiger partial charge on any atom is -0.489 e. The molecule has 120 valence electrons. The van der Waals surface area contributed by atoms with Crippen LogP contribution < -0.4 is 10.1 Å². The van der Waals surface area contributed by atoms with Crippen molar-refractivity contribution in [2.45, 2.75) is 78.9 Å². The maximum atomic E-state index is 6.20. The highest BCUT2D eigenvalue weighted by atomic mass is 16.5. The lowest BCUT2D eigenvalue weighted by molar-refractivity contribution is 0.199. The average Bonchev–Trinajstić information content (AvgIpc) is 2.35. The zero-order valence-electron chi connectivity index (χ0n) is 15.1. The molecule has 0 amide bonds. The van der Waals surface area contributed by atoms with Gasteiger partial charge in [-0.2, -0.15) is 0 Å². The molecule has 2 heteroatoms. The van der Waals surface area contributed by atoms with Crippen LogP contribution in [0.5, 0.6) is 5.75 Å². The lowest BCUT2D eigenvalue weighted by Crippen LogP contribution is -2.41. The third-order valence-corrected chi connectivity index (χ3v) is 3.51. The molecule has 0 fully saturated rings. The van der Waals surface area contributed by atoms with E-state index < -0.39 is 0 Å². The van der Waals surface area contributed by atoms with E-state index in [9.17, 15) is 0 Å². The highest BCUT2D eigenvalue weighted by molar-refractivity contribution is 5.41. The van der Waals surface area contributed by atoms with E-state index in [2.05, 4.69) is 78.9 Å². The first kappa shape index (κ1) is 18.0. The molecular weight excluding hydrogens is 258 g/mol. The summed E-state index contributed by atoms with van der Waals surface area (Å²) in [6.07, 6.45) is 1.21. The number of ether oxygens (including phenoxy) is 1. The van der Waals surface area contributed by atoms with Crippen LogP contribution in [0.2, 0.25) is 0 Å². The molecule has 1 N–H and O–H groups in total. The van der Waals surface area contributed by atoms with E-state index in [1.165, 1.54) is 11.1 Å². The van der Waals surface area contributed by atoms with Gasteiger partial charge in [0, 0.05) is 12.1 Å². The van der Waals surface area contributed by atoms with E-state index in [1.807, 2.05) is 0 Å². The van der Waals surface area contributed by atoms with E-state index in [0.717, 1.165) is 18.7 Å². The summed E-state index contributed by atoms with van der Waals surface area (Å²) >= 11 is 0. The Labute approximate surface area is 131 Å². The molecule has 0 aliphatic carbocycles. The number of benzene rings is 1. The van der Waals surface area contributed by atoms with Crippen molar-refractivity contribution in [1.29, 1.82) is 0 Å². The van der Waals surface area contributed by atoms with Crippen molar-refractivity contribution in [3.63, 3.8) is 0 Å². The van der Waals surface area contributed by atoms with Crippen molar-refractivity contribution in [3.8, 4) is 5.75 Å². The number of nitrogens with one attached hydrogen (secondary N) is 1. The van der Waals surface area contributed by atoms with E-state index in [4.69, 9.17) is 4.74 Å². The fourth-order valence-corrected chi connectivity index (χ4v) is 2.19. The standard InChI is InChI=1S/C19H33NO/c1-9-15-10-11-17(16(12-15)18(3,4)5)21-14(2)13-20-19(6,7)8/h10-12,14,20H,9,13H2,1-8H3. The average molecular weight is 291 g/mol. The summed E-state index contributed by atoms with van der Waals surface area (Å²) in [6.45, 7) is 18.4. The number of hydrogen-bond donors (Lipinski definition) is 1. The quantitative estimate of drug-likeness (QED) is 0.849. The molecule has 1 atom stereocenters. The molecule has 1 rings (SSSR count). The first-order valence-corrected chi connectivity index (χ1v) is 8.08. The predicted molar refractivity (Wildman–Crippen MR) is 92.4 cm³/mol. The van der Waals surface area contributed by atoms with Gasteiger partial charge in [-0.3, -0.25) is 0 Å². The molecule has 0 radical (unpaired) electrons. The summed E-state index contributed by atoms with van der Waals surface area (Å²) in [4.78, 5) is 0. The van der Waals surface area contributed by atoms with Gasteiger partial charge in [-0.15, -0.1) is 0 Å². The second-order valence-corrected chi connectivity index (χ2v) is 7.99. The fourth-order valence-electron chi connectivity index (χ4n) is 2.19. The van der Waals surface area contributed by atoms with Crippen molar-refractivity contribution < 1.29 is 4.74 Å². The van der Waals surface area contributed by atoms with Gasteiger partial charge in [-0.25, -0.2) is 0 Å². The summed E-state index contributed by atoms with van der Waals surface area (Å²) in [5.41, 5.74) is 2.88. The Balaban J connectivity index is 2.87. The zero-order valence-corrected chi connectivity index (χ0v) is 15.1. The molecule has 0 aromatic heterocycles. The first-order valence-electron chi connectivity index (χ1n) is 8.08. The summed E-state index contributed by atoms with van der Waals surface area (Å²) < 4.78 is 6.20. The number of hydrogen-bond acceptors (Lipinski definition) is 2. The normalized spacial score (nSPS) is 14.1. The van der Waals surface area contributed by atoms with Gasteiger partial charge in [0.05, 0.1) is 0 Å². The van der Waals surface area contributed by atoms with Crippen LogP contribution in [0.25, 0.3) is 0 Å². The van der Waals surface area contributed by atoms with Crippen LogP contribution >= 0.6 is 0 Å². The first-order chi connectivity index (χ1) is 9.53. The SMILES string of the molecule is CCc1ccc(OC(C)CNC(C)(C)C)c(C(C)(C)C)c1. The Morgan fingerprint density at radius 2 is 1.71 bits per heavy atom. The molecule has 0 aliphatic heterocycles. The summed E-state index contributed by atoms with van der Waals surface area (Å²) in [7, 11) is 0. The smallest absolute Gasteiger partial charge is 0.123 e. The Morgan fingerprint density at radius 1 is 1.10 bits per heavy atom. The summed E-state index contributed by atoms with van der Waals surface area (Å²) in [6, 6.07) is 6.60. The van der Waals surface area contributed by atoms with Crippen LogP contribution in [-0.4, -0.2) is 18.2 Å². The minimum absolute atomic E-state index is 0.0949. The van der Waals surface area contributed by atoms with E-state index in [-0.39, 0.29) is 17.1 Å². The van der Waals surface area contributed by atoms with Gasteiger partial charge < -0.3 is 10.1 Å². The molecule has 2 nitrogen and oxygen atoms in total. The van der Waals surface area contributed by atoms with Gasteiger partial charge in [0.15, 0.2) is 0 Å². The summed E-state index contributed by atoms with van der Waals surface area (Å²) in [5.74, 6) is 1.02. The van der Waals surface area contributed by atoms with Crippen LogP contribution in [0.4, 0.5) is 0 Å². The van der Waals surface area contributed by atoms with Crippen LogP contribution in [0.1, 0.15) is 66.5 Å². The largest absolute Gasteiger partial charge is 0.489 e. The van der Waals surface area contributed by atoms with Crippen LogP contribution in [0.3, 0.4) is 0 Å². The third kappa shape index (κ3) is 6.09. The maximum Gasteiger partial charge on any atom is 0.123 e. The highest BCUT2D eigenvalue weighted by Gasteiger charge is 2.21. The number of rotatable bonds is 5. The molecule has 0 bridgehead atoms. The van der Waals surface area contributed by atoms with Crippen molar-refractivity contribution in [1.82, 2.24) is 5.32 Å². The fraction of sp³-hybridized carbons (Fsp3) is 0.684. The van der Waals surface area contributed by atoms with Crippen molar-refractivity contribution >= 4 is 0 Å². The van der Waals surface area contributed by atoms with Gasteiger partial charge in [0.2, 0.25) is 0 Å². The van der Waals surface area contributed by atoms with Gasteiger partial charge in [0.25, 0.3) is 0 Å². The summed E-state index contributed by atoms with van der Waals surface area (Å²) in [5, 5.41) is 3.50. The van der Waals surface area contributed by atoms with E-state index >= 15 is 0 Å².